The monoisotopic (exact) mass is 464 g/mol. The Morgan fingerprint density at radius 2 is 1.77 bits per heavy atom. The van der Waals surface area contributed by atoms with Gasteiger partial charge in [-0.25, -0.2) is 0 Å². The van der Waals surface area contributed by atoms with Crippen LogP contribution in [0.15, 0.2) is 48.5 Å². The van der Waals surface area contributed by atoms with Gasteiger partial charge in [0.1, 0.15) is 11.8 Å². The lowest BCUT2D eigenvalue weighted by molar-refractivity contribution is -0.141. The minimum atomic E-state index is -0.549. The van der Waals surface area contributed by atoms with Gasteiger partial charge in [-0.15, -0.1) is 0 Å². The number of nitrogens with zero attached hydrogens (tertiary/aromatic N) is 1. The first kappa shape index (κ1) is 25.0. The molecule has 5 nitrogen and oxygen atoms in total. The van der Waals surface area contributed by atoms with Crippen LogP contribution in [-0.2, 0) is 16.1 Å². The van der Waals surface area contributed by atoms with Gasteiger partial charge in [-0.1, -0.05) is 55.2 Å². The third-order valence-corrected chi connectivity index (χ3v) is 5.47. The first-order chi connectivity index (χ1) is 15.0. The average molecular weight is 465 g/mol. The minimum absolute atomic E-state index is 0.0990. The maximum absolute atomic E-state index is 13.1. The minimum Gasteiger partial charge on any atom is -0.494 e. The standard InChI is InChI=1S/C24H30Cl2N2O3/c1-3-15-27-24(30)22(4-2)28(17-18-8-5-6-9-21(18)26)23(29)10-7-16-31-20-13-11-19(25)12-14-20/h5-6,8-9,11-14,22H,3-4,7,10,15-17H2,1-2H3,(H,27,30)/t22-/m1/s1. The molecule has 0 saturated carbocycles. The molecule has 2 aromatic rings. The van der Waals surface area contributed by atoms with E-state index in [2.05, 4.69) is 5.32 Å². The predicted octanol–water partition coefficient (Wildman–Crippen LogP) is 5.49. The average Bonchev–Trinajstić information content (AvgIpc) is 2.77. The number of halogens is 2. The van der Waals surface area contributed by atoms with Crippen LogP contribution in [0.3, 0.4) is 0 Å². The van der Waals surface area contributed by atoms with Crippen molar-refractivity contribution < 1.29 is 14.3 Å². The number of rotatable bonds is 12. The maximum Gasteiger partial charge on any atom is 0.242 e. The van der Waals surface area contributed by atoms with Crippen LogP contribution in [0.1, 0.15) is 45.1 Å². The Morgan fingerprint density at radius 3 is 2.42 bits per heavy atom. The van der Waals surface area contributed by atoms with E-state index in [4.69, 9.17) is 27.9 Å². The lowest BCUT2D eigenvalue weighted by Gasteiger charge is -2.31. The van der Waals surface area contributed by atoms with Gasteiger partial charge in [0, 0.05) is 29.6 Å². The van der Waals surface area contributed by atoms with Crippen LogP contribution in [0.25, 0.3) is 0 Å². The van der Waals surface area contributed by atoms with E-state index in [1.165, 1.54) is 0 Å². The highest BCUT2D eigenvalue weighted by atomic mass is 35.5. The molecule has 0 spiro atoms. The number of hydrogen-bond acceptors (Lipinski definition) is 3. The number of nitrogens with one attached hydrogen (secondary N) is 1. The number of ether oxygens (including phenoxy) is 1. The van der Waals surface area contributed by atoms with Crippen molar-refractivity contribution in [2.45, 2.75) is 52.1 Å². The normalized spacial score (nSPS) is 11.6. The van der Waals surface area contributed by atoms with E-state index in [9.17, 15) is 9.59 Å². The fraction of sp³-hybridized carbons (Fsp3) is 0.417. The molecule has 0 aliphatic carbocycles. The number of carbonyl (C=O) groups excluding carboxylic acids is 2. The summed E-state index contributed by atoms with van der Waals surface area (Å²) in [5, 5.41) is 4.13. The first-order valence-electron chi connectivity index (χ1n) is 10.6. The molecule has 0 aromatic heterocycles. The summed E-state index contributed by atoms with van der Waals surface area (Å²) < 4.78 is 5.69. The van der Waals surface area contributed by atoms with Crippen LogP contribution in [0.2, 0.25) is 10.0 Å². The van der Waals surface area contributed by atoms with Gasteiger partial charge < -0.3 is 15.0 Å². The van der Waals surface area contributed by atoms with Crippen molar-refractivity contribution in [2.24, 2.45) is 0 Å². The quantitative estimate of drug-likeness (QED) is 0.422. The Bertz CT molecular complexity index is 843. The van der Waals surface area contributed by atoms with E-state index in [1.54, 1.807) is 35.2 Å². The van der Waals surface area contributed by atoms with Crippen molar-refractivity contribution in [1.82, 2.24) is 10.2 Å². The number of amides is 2. The van der Waals surface area contributed by atoms with Crippen molar-refractivity contribution >= 4 is 35.0 Å². The summed E-state index contributed by atoms with van der Waals surface area (Å²) >= 11 is 12.2. The second-order valence-electron chi connectivity index (χ2n) is 7.23. The third-order valence-electron chi connectivity index (χ3n) is 4.85. The highest BCUT2D eigenvalue weighted by molar-refractivity contribution is 6.31. The molecule has 0 aliphatic rings. The Hall–Kier alpha value is -2.24. The summed E-state index contributed by atoms with van der Waals surface area (Å²) in [6.45, 7) is 5.17. The number of hydrogen-bond donors (Lipinski definition) is 1. The molecular formula is C24H30Cl2N2O3. The van der Waals surface area contributed by atoms with Crippen molar-refractivity contribution in [2.75, 3.05) is 13.2 Å². The number of benzene rings is 2. The molecule has 168 valence electrons. The highest BCUT2D eigenvalue weighted by Crippen LogP contribution is 2.21. The highest BCUT2D eigenvalue weighted by Gasteiger charge is 2.28. The van der Waals surface area contributed by atoms with Gasteiger partial charge in [0.2, 0.25) is 11.8 Å². The molecule has 0 unspecified atom stereocenters. The predicted molar refractivity (Wildman–Crippen MR) is 126 cm³/mol. The molecule has 31 heavy (non-hydrogen) atoms. The second kappa shape index (κ2) is 13.2. The molecule has 0 saturated heterocycles. The van der Waals surface area contributed by atoms with Crippen LogP contribution in [-0.4, -0.2) is 35.9 Å². The van der Waals surface area contributed by atoms with E-state index >= 15 is 0 Å². The third kappa shape index (κ3) is 8.08. The molecule has 2 aromatic carbocycles. The molecule has 1 atom stereocenters. The zero-order valence-corrected chi connectivity index (χ0v) is 19.6. The summed E-state index contributed by atoms with van der Waals surface area (Å²) in [6, 6.07) is 13.9. The molecule has 1 N–H and O–H groups in total. The Balaban J connectivity index is 2.04. The lowest BCUT2D eigenvalue weighted by Crippen LogP contribution is -2.49. The largest absolute Gasteiger partial charge is 0.494 e. The van der Waals surface area contributed by atoms with E-state index in [0.717, 1.165) is 12.0 Å². The van der Waals surface area contributed by atoms with Gasteiger partial charge in [-0.3, -0.25) is 9.59 Å². The fourth-order valence-corrected chi connectivity index (χ4v) is 3.50. The molecule has 2 rings (SSSR count). The molecule has 0 fully saturated rings. The SMILES string of the molecule is CCCNC(=O)[C@@H](CC)N(Cc1ccccc1Cl)C(=O)CCCOc1ccc(Cl)cc1. The van der Waals surface area contributed by atoms with Crippen LogP contribution < -0.4 is 10.1 Å². The Morgan fingerprint density at radius 1 is 1.06 bits per heavy atom. The molecule has 0 radical (unpaired) electrons. The Kier molecular flexibility index (Phi) is 10.7. The zero-order valence-electron chi connectivity index (χ0n) is 18.1. The van der Waals surface area contributed by atoms with Crippen molar-refractivity contribution in [3.8, 4) is 5.75 Å². The van der Waals surface area contributed by atoms with Crippen molar-refractivity contribution in [1.29, 1.82) is 0 Å². The van der Waals surface area contributed by atoms with Gasteiger partial charge in [-0.05, 0) is 55.2 Å². The van der Waals surface area contributed by atoms with Gasteiger partial charge in [0.15, 0.2) is 0 Å². The van der Waals surface area contributed by atoms with E-state index in [1.807, 2.05) is 32.0 Å². The smallest absolute Gasteiger partial charge is 0.242 e. The molecule has 0 aliphatic heterocycles. The van der Waals surface area contributed by atoms with Crippen molar-refractivity contribution in [3.05, 3.63) is 64.1 Å². The fourth-order valence-electron chi connectivity index (χ4n) is 3.18. The van der Waals surface area contributed by atoms with Crippen molar-refractivity contribution in [3.63, 3.8) is 0 Å². The second-order valence-corrected chi connectivity index (χ2v) is 8.08. The van der Waals surface area contributed by atoms with Crippen LogP contribution in [0, 0.1) is 0 Å². The topological polar surface area (TPSA) is 58.6 Å². The molecule has 2 amide bonds. The summed E-state index contributed by atoms with van der Waals surface area (Å²) in [5.41, 5.74) is 0.816. The van der Waals surface area contributed by atoms with Gasteiger partial charge in [0.05, 0.1) is 6.61 Å². The molecule has 7 heteroatoms. The number of carbonyl (C=O) groups is 2. The maximum atomic E-state index is 13.1. The molecular weight excluding hydrogens is 435 g/mol. The summed E-state index contributed by atoms with van der Waals surface area (Å²) in [5.74, 6) is 0.468. The van der Waals surface area contributed by atoms with Gasteiger partial charge >= 0.3 is 0 Å². The summed E-state index contributed by atoms with van der Waals surface area (Å²) in [7, 11) is 0. The zero-order chi connectivity index (χ0) is 22.6. The Labute approximate surface area is 194 Å². The van der Waals surface area contributed by atoms with Gasteiger partial charge in [0.25, 0.3) is 0 Å². The van der Waals surface area contributed by atoms with Crippen LogP contribution in [0.5, 0.6) is 5.75 Å². The van der Waals surface area contributed by atoms with E-state index in [-0.39, 0.29) is 24.8 Å². The van der Waals surface area contributed by atoms with E-state index in [0.29, 0.717) is 41.8 Å². The van der Waals surface area contributed by atoms with E-state index < -0.39 is 6.04 Å². The molecule has 0 heterocycles. The van der Waals surface area contributed by atoms with Gasteiger partial charge in [-0.2, -0.15) is 0 Å². The summed E-state index contributed by atoms with van der Waals surface area (Å²) in [4.78, 5) is 27.5. The first-order valence-corrected chi connectivity index (χ1v) is 11.4. The van der Waals surface area contributed by atoms with Crippen LogP contribution in [0.4, 0.5) is 0 Å². The molecule has 0 bridgehead atoms. The van der Waals surface area contributed by atoms with Crippen LogP contribution >= 0.6 is 23.2 Å². The summed E-state index contributed by atoms with van der Waals surface area (Å²) in [6.07, 6.45) is 2.17. The lowest BCUT2D eigenvalue weighted by atomic mass is 10.1.